The van der Waals surface area contributed by atoms with Crippen LogP contribution in [0.1, 0.15) is 50.3 Å². The highest BCUT2D eigenvalue weighted by Gasteiger charge is 2.25. The van der Waals surface area contributed by atoms with Crippen LogP contribution in [-0.4, -0.2) is 12.1 Å². The van der Waals surface area contributed by atoms with Crippen molar-refractivity contribution < 1.29 is 9.53 Å². The Hall–Kier alpha value is -3.73. The number of aliphatic imine (C=N–C) groups is 1. The normalized spacial score (nSPS) is 12.6. The standard InChI is InChI=1S/C30H24BrN3O2S/c31-25-16-20(14-15-26(25)36-19-22-9-5-4-8-21(22)17-32)18-33-30-28(24-12-6-7-13-27(24)37-30)29(35)34-23-10-2-1-3-11-23/h1-5,8-11,14-16,18H,6-7,12-13,19H2,(H,34,35). The van der Waals surface area contributed by atoms with Gasteiger partial charge in [0.2, 0.25) is 0 Å². The van der Waals surface area contributed by atoms with Crippen LogP contribution in [0.3, 0.4) is 0 Å². The molecule has 0 saturated heterocycles. The van der Waals surface area contributed by atoms with Crippen LogP contribution >= 0.6 is 27.3 Å². The highest BCUT2D eigenvalue weighted by Crippen LogP contribution is 2.40. The number of para-hydroxylation sites is 1. The number of nitrogens with one attached hydrogen (secondary N) is 1. The Kier molecular flexibility index (Phi) is 7.79. The van der Waals surface area contributed by atoms with Crippen LogP contribution in [-0.2, 0) is 19.4 Å². The summed E-state index contributed by atoms with van der Waals surface area (Å²) in [5.41, 5.74) is 4.93. The molecule has 1 N–H and O–H groups in total. The Morgan fingerprint density at radius 2 is 1.86 bits per heavy atom. The topological polar surface area (TPSA) is 74.5 Å². The highest BCUT2D eigenvalue weighted by molar-refractivity contribution is 9.10. The molecule has 0 aliphatic heterocycles. The van der Waals surface area contributed by atoms with Crippen LogP contribution in [0.2, 0.25) is 0 Å². The average Bonchev–Trinajstić information content (AvgIpc) is 3.30. The van der Waals surface area contributed by atoms with Crippen LogP contribution < -0.4 is 10.1 Å². The molecule has 184 valence electrons. The van der Waals surface area contributed by atoms with E-state index in [9.17, 15) is 10.1 Å². The number of nitrogens with zero attached hydrogens (tertiary/aromatic N) is 2. The average molecular weight is 571 g/mol. The van der Waals surface area contributed by atoms with Crippen molar-refractivity contribution in [2.45, 2.75) is 32.3 Å². The maximum atomic E-state index is 13.3. The minimum atomic E-state index is -0.111. The number of hydrogen-bond acceptors (Lipinski definition) is 5. The first-order chi connectivity index (χ1) is 18.1. The molecule has 1 aliphatic rings. The van der Waals surface area contributed by atoms with E-state index in [1.165, 1.54) is 4.88 Å². The van der Waals surface area contributed by atoms with Crippen molar-refractivity contribution in [2.75, 3.05) is 5.32 Å². The number of hydrogen-bond donors (Lipinski definition) is 1. The molecule has 0 saturated carbocycles. The summed E-state index contributed by atoms with van der Waals surface area (Å²) in [4.78, 5) is 19.3. The van der Waals surface area contributed by atoms with Gasteiger partial charge in [0.15, 0.2) is 0 Å². The molecule has 0 radical (unpaired) electrons. The van der Waals surface area contributed by atoms with Gasteiger partial charge in [0.1, 0.15) is 17.4 Å². The zero-order chi connectivity index (χ0) is 25.6. The van der Waals surface area contributed by atoms with Crippen molar-refractivity contribution in [3.8, 4) is 11.8 Å². The molecule has 0 fully saturated rings. The predicted molar refractivity (Wildman–Crippen MR) is 152 cm³/mol. The number of rotatable bonds is 7. The van der Waals surface area contributed by atoms with Gasteiger partial charge in [0.25, 0.3) is 5.91 Å². The molecule has 0 unspecified atom stereocenters. The molecule has 37 heavy (non-hydrogen) atoms. The molecule has 0 bridgehead atoms. The van der Waals surface area contributed by atoms with Gasteiger partial charge >= 0.3 is 0 Å². The van der Waals surface area contributed by atoms with Crippen LogP contribution in [0.25, 0.3) is 0 Å². The lowest BCUT2D eigenvalue weighted by molar-refractivity contribution is 0.102. The summed E-state index contributed by atoms with van der Waals surface area (Å²) in [6.07, 6.45) is 5.92. The molecular formula is C30H24BrN3O2S. The van der Waals surface area contributed by atoms with E-state index in [0.717, 1.165) is 57.5 Å². The zero-order valence-electron chi connectivity index (χ0n) is 20.0. The third kappa shape index (κ3) is 5.82. The van der Waals surface area contributed by atoms with E-state index in [4.69, 9.17) is 9.73 Å². The number of thiophene rings is 1. The van der Waals surface area contributed by atoms with Crippen molar-refractivity contribution in [1.82, 2.24) is 0 Å². The molecule has 4 aromatic rings. The second kappa shape index (κ2) is 11.5. The van der Waals surface area contributed by atoms with Gasteiger partial charge in [-0.1, -0.05) is 36.4 Å². The largest absolute Gasteiger partial charge is 0.488 e. The fraction of sp³-hybridized carbons (Fsp3) is 0.167. The molecule has 1 amide bonds. The fourth-order valence-electron chi connectivity index (χ4n) is 4.35. The second-order valence-corrected chi connectivity index (χ2v) is 10.7. The van der Waals surface area contributed by atoms with Gasteiger partial charge in [0.05, 0.1) is 21.7 Å². The Balaban J connectivity index is 1.35. The minimum absolute atomic E-state index is 0.111. The summed E-state index contributed by atoms with van der Waals surface area (Å²) in [5, 5.41) is 13.1. The molecule has 3 aromatic carbocycles. The third-order valence-corrected chi connectivity index (χ3v) is 8.04. The molecule has 1 heterocycles. The summed E-state index contributed by atoms with van der Waals surface area (Å²) in [5.74, 6) is 0.569. The van der Waals surface area contributed by atoms with E-state index < -0.39 is 0 Å². The third-order valence-electron chi connectivity index (χ3n) is 6.22. The van der Waals surface area contributed by atoms with Crippen LogP contribution in [0.15, 0.2) is 82.3 Å². The number of carbonyl (C=O) groups is 1. The number of anilines is 1. The molecular weight excluding hydrogens is 546 g/mol. The Morgan fingerprint density at radius 3 is 2.68 bits per heavy atom. The SMILES string of the molecule is N#Cc1ccccc1COc1ccc(C=Nc2sc3c(c2C(=O)Nc2ccccc2)CCCC3)cc1Br. The number of aryl methyl sites for hydroxylation is 1. The molecule has 7 heteroatoms. The van der Waals surface area contributed by atoms with Crippen LogP contribution in [0, 0.1) is 11.3 Å². The van der Waals surface area contributed by atoms with Gasteiger partial charge in [-0.05, 0) is 89.1 Å². The first-order valence-corrected chi connectivity index (χ1v) is 13.7. The van der Waals surface area contributed by atoms with E-state index >= 15 is 0 Å². The number of halogens is 1. The zero-order valence-corrected chi connectivity index (χ0v) is 22.4. The van der Waals surface area contributed by atoms with E-state index in [-0.39, 0.29) is 5.91 Å². The van der Waals surface area contributed by atoms with Crippen molar-refractivity contribution in [2.24, 2.45) is 4.99 Å². The summed E-state index contributed by atoms with van der Waals surface area (Å²) in [6.45, 7) is 0.302. The van der Waals surface area contributed by atoms with Gasteiger partial charge in [-0.3, -0.25) is 4.79 Å². The maximum Gasteiger partial charge on any atom is 0.259 e. The lowest BCUT2D eigenvalue weighted by Gasteiger charge is -2.12. The van der Waals surface area contributed by atoms with Crippen LogP contribution in [0.4, 0.5) is 10.7 Å². The van der Waals surface area contributed by atoms with Gasteiger partial charge in [0, 0.05) is 22.3 Å². The lowest BCUT2D eigenvalue weighted by Crippen LogP contribution is -2.14. The number of fused-ring (bicyclic) bond motifs is 1. The van der Waals surface area contributed by atoms with Crippen LogP contribution in [0.5, 0.6) is 5.75 Å². The van der Waals surface area contributed by atoms with Gasteiger partial charge < -0.3 is 10.1 Å². The lowest BCUT2D eigenvalue weighted by atomic mass is 9.95. The molecule has 5 nitrogen and oxygen atoms in total. The molecule has 5 rings (SSSR count). The van der Waals surface area contributed by atoms with Gasteiger partial charge in [-0.15, -0.1) is 11.3 Å². The number of benzene rings is 3. The van der Waals surface area contributed by atoms with Gasteiger partial charge in [-0.2, -0.15) is 5.26 Å². The number of amides is 1. The van der Waals surface area contributed by atoms with Crippen molar-refractivity contribution in [3.63, 3.8) is 0 Å². The number of nitriles is 1. The Labute approximate surface area is 228 Å². The summed E-state index contributed by atoms with van der Waals surface area (Å²) < 4.78 is 6.74. The fourth-order valence-corrected chi connectivity index (χ4v) is 6.09. The molecule has 1 aromatic heterocycles. The van der Waals surface area contributed by atoms with Gasteiger partial charge in [-0.25, -0.2) is 4.99 Å². The first kappa shape index (κ1) is 24.9. The molecule has 0 atom stereocenters. The van der Waals surface area contributed by atoms with E-state index in [0.29, 0.717) is 23.5 Å². The Morgan fingerprint density at radius 1 is 1.08 bits per heavy atom. The monoisotopic (exact) mass is 569 g/mol. The van der Waals surface area contributed by atoms with E-state index in [2.05, 4.69) is 27.3 Å². The first-order valence-electron chi connectivity index (χ1n) is 12.1. The quantitative estimate of drug-likeness (QED) is 0.230. The second-order valence-electron chi connectivity index (χ2n) is 8.72. The summed E-state index contributed by atoms with van der Waals surface area (Å²) >= 11 is 5.21. The molecule has 0 spiro atoms. The number of carbonyl (C=O) groups excluding carboxylic acids is 1. The predicted octanol–water partition coefficient (Wildman–Crippen LogP) is 7.84. The highest BCUT2D eigenvalue weighted by atomic mass is 79.9. The molecule has 1 aliphatic carbocycles. The van der Waals surface area contributed by atoms with Crippen molar-refractivity contribution in [1.29, 1.82) is 5.26 Å². The van der Waals surface area contributed by atoms with E-state index in [1.54, 1.807) is 23.6 Å². The minimum Gasteiger partial charge on any atom is -0.488 e. The van der Waals surface area contributed by atoms with Crippen molar-refractivity contribution >= 4 is 50.1 Å². The number of ether oxygens (including phenoxy) is 1. The smallest absolute Gasteiger partial charge is 0.259 e. The summed E-state index contributed by atoms with van der Waals surface area (Å²) in [6, 6.07) is 24.9. The summed E-state index contributed by atoms with van der Waals surface area (Å²) in [7, 11) is 0. The van der Waals surface area contributed by atoms with Crippen molar-refractivity contribution in [3.05, 3.63) is 110 Å². The van der Waals surface area contributed by atoms with E-state index in [1.807, 2.05) is 66.7 Å². The Bertz CT molecular complexity index is 1510. The maximum absolute atomic E-state index is 13.3.